The van der Waals surface area contributed by atoms with E-state index in [2.05, 4.69) is 15.3 Å². The summed E-state index contributed by atoms with van der Waals surface area (Å²) in [5, 5.41) is 12.8. The first-order valence-corrected chi connectivity index (χ1v) is 12.3. The smallest absolute Gasteiger partial charge is 0.268 e. The summed E-state index contributed by atoms with van der Waals surface area (Å²) in [5.74, 6) is 0.0702. The second kappa shape index (κ2) is 8.14. The maximum absolute atomic E-state index is 13.6. The van der Waals surface area contributed by atoms with Gasteiger partial charge in [-0.3, -0.25) is 4.68 Å². The Morgan fingerprint density at radius 2 is 1.65 bits per heavy atom. The molecule has 2 aromatic carbocycles. The van der Waals surface area contributed by atoms with Gasteiger partial charge in [-0.15, -0.1) is 10.2 Å². The Hall–Kier alpha value is -3.37. The molecule has 0 radical (unpaired) electrons. The van der Waals surface area contributed by atoms with E-state index in [1.807, 2.05) is 33.9 Å². The van der Waals surface area contributed by atoms with Crippen molar-refractivity contribution in [2.75, 3.05) is 6.54 Å². The Kier molecular flexibility index (Phi) is 5.37. The zero-order valence-corrected chi connectivity index (χ0v) is 20.1. The fourth-order valence-corrected chi connectivity index (χ4v) is 6.02. The van der Waals surface area contributed by atoms with Gasteiger partial charge < -0.3 is 4.42 Å². The van der Waals surface area contributed by atoms with Crippen molar-refractivity contribution in [3.05, 3.63) is 70.2 Å². The number of hydrogen-bond acceptors (Lipinski definition) is 6. The normalized spacial score (nSPS) is 14.4. The summed E-state index contributed by atoms with van der Waals surface area (Å²) >= 11 is 0. The van der Waals surface area contributed by atoms with Gasteiger partial charge in [0, 0.05) is 43.4 Å². The summed E-state index contributed by atoms with van der Waals surface area (Å²) in [4.78, 5) is 0.320. The first-order chi connectivity index (χ1) is 16.1. The minimum absolute atomic E-state index is 0.154. The Morgan fingerprint density at radius 3 is 2.38 bits per heavy atom. The van der Waals surface area contributed by atoms with Crippen LogP contribution < -0.4 is 0 Å². The first kappa shape index (κ1) is 22.4. The zero-order valence-electron chi connectivity index (χ0n) is 19.3. The van der Waals surface area contributed by atoms with Crippen LogP contribution in [0.2, 0.25) is 0 Å². The molecule has 0 bridgehead atoms. The van der Waals surface area contributed by atoms with Crippen molar-refractivity contribution in [2.45, 2.75) is 38.6 Å². The summed E-state index contributed by atoms with van der Waals surface area (Å²) in [6.07, 6.45) is 0.515. The first-order valence-electron chi connectivity index (χ1n) is 10.9. The highest BCUT2D eigenvalue weighted by atomic mass is 32.2. The number of aromatic nitrogens is 4. The van der Waals surface area contributed by atoms with Gasteiger partial charge in [0.15, 0.2) is 5.69 Å². The number of aryl methyl sites for hydroxylation is 4. The van der Waals surface area contributed by atoms with Gasteiger partial charge in [-0.05, 0) is 67.8 Å². The van der Waals surface area contributed by atoms with Crippen molar-refractivity contribution in [1.82, 2.24) is 24.3 Å². The number of benzene rings is 2. The van der Waals surface area contributed by atoms with E-state index in [-0.39, 0.29) is 24.1 Å². The van der Waals surface area contributed by atoms with Gasteiger partial charge in [0.1, 0.15) is 5.82 Å². The molecule has 10 heteroatoms. The topological polar surface area (TPSA) is 94.1 Å². The van der Waals surface area contributed by atoms with Crippen LogP contribution >= 0.6 is 0 Å². The third-order valence-electron chi connectivity index (χ3n) is 6.34. The van der Waals surface area contributed by atoms with Crippen LogP contribution in [0.5, 0.6) is 0 Å². The van der Waals surface area contributed by atoms with E-state index in [0.717, 1.165) is 27.9 Å². The van der Waals surface area contributed by atoms with Crippen molar-refractivity contribution >= 4 is 10.0 Å². The van der Waals surface area contributed by atoms with Crippen molar-refractivity contribution < 1.29 is 17.2 Å². The van der Waals surface area contributed by atoms with Crippen molar-refractivity contribution in [1.29, 1.82) is 0 Å². The van der Waals surface area contributed by atoms with Gasteiger partial charge in [-0.25, -0.2) is 12.8 Å². The molecular weight excluding hydrogens is 457 g/mol. The molecule has 0 spiro atoms. The van der Waals surface area contributed by atoms with Crippen LogP contribution in [0.1, 0.15) is 27.9 Å². The summed E-state index contributed by atoms with van der Waals surface area (Å²) < 4.78 is 49.4. The molecule has 1 aliphatic rings. The molecule has 0 N–H and O–H groups in total. The van der Waals surface area contributed by atoms with E-state index >= 15 is 0 Å². The van der Waals surface area contributed by atoms with E-state index in [1.54, 1.807) is 22.9 Å². The number of halogens is 1. The van der Waals surface area contributed by atoms with E-state index in [1.165, 1.54) is 16.4 Å². The summed E-state index contributed by atoms with van der Waals surface area (Å²) in [7, 11) is -1.90. The molecule has 3 heterocycles. The lowest BCUT2D eigenvalue weighted by molar-refractivity contribution is 0.385. The molecule has 176 valence electrons. The second-order valence-electron chi connectivity index (χ2n) is 8.61. The van der Waals surface area contributed by atoms with Crippen LogP contribution in [-0.4, -0.2) is 39.2 Å². The Balaban J connectivity index is 1.51. The van der Waals surface area contributed by atoms with E-state index in [4.69, 9.17) is 4.42 Å². The number of rotatable bonds is 4. The molecule has 0 atom stereocenters. The number of nitrogens with zero attached hydrogens (tertiary/aromatic N) is 5. The van der Waals surface area contributed by atoms with Crippen LogP contribution in [0.3, 0.4) is 0 Å². The molecule has 0 aliphatic carbocycles. The molecule has 0 amide bonds. The highest BCUT2D eigenvalue weighted by Crippen LogP contribution is 2.33. The standard InChI is InChI=1S/C24H24FN5O3S/c1-14-11-16(3)21(12-15(14)2)34(31,32)30-10-9-20-19(13-30)22(28-29(20)4)24-27-26-23(33-24)17-5-7-18(25)8-6-17/h5-8,11-12H,9-10,13H2,1-4H3. The highest BCUT2D eigenvalue weighted by molar-refractivity contribution is 7.89. The summed E-state index contributed by atoms with van der Waals surface area (Å²) in [6.45, 7) is 6.21. The predicted octanol–water partition coefficient (Wildman–Crippen LogP) is 3.95. The predicted molar refractivity (Wildman–Crippen MR) is 124 cm³/mol. The number of hydrogen-bond donors (Lipinski definition) is 0. The van der Waals surface area contributed by atoms with Gasteiger partial charge in [0.05, 0.1) is 4.90 Å². The van der Waals surface area contributed by atoms with Crippen LogP contribution in [-0.2, 0) is 30.0 Å². The lowest BCUT2D eigenvalue weighted by Crippen LogP contribution is -2.36. The summed E-state index contributed by atoms with van der Waals surface area (Å²) in [6, 6.07) is 9.40. The fraction of sp³-hybridized carbons (Fsp3) is 0.292. The molecule has 4 aromatic rings. The maximum atomic E-state index is 13.6. The van der Waals surface area contributed by atoms with Gasteiger partial charge in [0.25, 0.3) is 5.89 Å². The minimum Gasteiger partial charge on any atom is -0.415 e. The Bertz CT molecular complexity index is 1510. The largest absolute Gasteiger partial charge is 0.415 e. The Morgan fingerprint density at radius 1 is 0.971 bits per heavy atom. The van der Waals surface area contributed by atoms with Crippen molar-refractivity contribution in [2.24, 2.45) is 7.05 Å². The quantitative estimate of drug-likeness (QED) is 0.438. The van der Waals surface area contributed by atoms with Crippen LogP contribution in [0.4, 0.5) is 4.39 Å². The minimum atomic E-state index is -3.71. The Labute approximate surface area is 197 Å². The zero-order chi connectivity index (χ0) is 24.2. The van der Waals surface area contributed by atoms with Crippen LogP contribution in [0.15, 0.2) is 45.7 Å². The van der Waals surface area contributed by atoms with E-state index < -0.39 is 10.0 Å². The number of fused-ring (bicyclic) bond motifs is 1. The SMILES string of the molecule is Cc1cc(C)c(S(=O)(=O)N2CCc3c(c(-c4nnc(-c5ccc(F)cc5)o4)nn3C)C2)cc1C. The molecule has 8 nitrogen and oxygen atoms in total. The van der Waals surface area contributed by atoms with E-state index in [0.29, 0.717) is 29.1 Å². The van der Waals surface area contributed by atoms with Crippen molar-refractivity contribution in [3.8, 4) is 23.0 Å². The van der Waals surface area contributed by atoms with E-state index in [9.17, 15) is 12.8 Å². The van der Waals surface area contributed by atoms with Crippen molar-refractivity contribution in [3.63, 3.8) is 0 Å². The fourth-order valence-electron chi connectivity index (χ4n) is 4.32. The average molecular weight is 482 g/mol. The van der Waals surface area contributed by atoms with Crippen LogP contribution in [0, 0.1) is 26.6 Å². The monoisotopic (exact) mass is 481 g/mol. The number of sulfonamides is 1. The molecule has 0 saturated carbocycles. The molecule has 2 aromatic heterocycles. The molecular formula is C24H24FN5O3S. The lowest BCUT2D eigenvalue weighted by Gasteiger charge is -2.27. The van der Waals surface area contributed by atoms with Gasteiger partial charge in [0.2, 0.25) is 15.9 Å². The van der Waals surface area contributed by atoms with Crippen LogP contribution in [0.25, 0.3) is 23.0 Å². The van der Waals surface area contributed by atoms with Gasteiger partial charge in [-0.2, -0.15) is 9.40 Å². The molecule has 1 aliphatic heterocycles. The molecule has 0 fully saturated rings. The molecule has 34 heavy (non-hydrogen) atoms. The van der Waals surface area contributed by atoms with Gasteiger partial charge >= 0.3 is 0 Å². The molecule has 0 unspecified atom stereocenters. The third kappa shape index (κ3) is 3.72. The molecule has 0 saturated heterocycles. The average Bonchev–Trinajstić information content (AvgIpc) is 3.41. The van der Waals surface area contributed by atoms with Gasteiger partial charge in [-0.1, -0.05) is 6.07 Å². The lowest BCUT2D eigenvalue weighted by atomic mass is 10.1. The molecule has 5 rings (SSSR count). The third-order valence-corrected chi connectivity index (χ3v) is 8.32. The maximum Gasteiger partial charge on any atom is 0.268 e. The second-order valence-corrected chi connectivity index (χ2v) is 10.5. The highest BCUT2D eigenvalue weighted by Gasteiger charge is 2.34. The summed E-state index contributed by atoms with van der Waals surface area (Å²) in [5.41, 5.74) is 5.42.